The van der Waals surface area contributed by atoms with E-state index in [0.717, 1.165) is 12.8 Å². The number of nitrogens with one attached hydrogen (secondary N) is 1. The Hall–Kier alpha value is -0.890. The average Bonchev–Trinajstić information content (AvgIpc) is 3.04. The second kappa shape index (κ2) is 4.90. The first-order chi connectivity index (χ1) is 8.47. The van der Waals surface area contributed by atoms with Gasteiger partial charge in [0.2, 0.25) is 0 Å². The maximum absolute atomic E-state index is 14.0. The van der Waals surface area contributed by atoms with E-state index in [1.165, 1.54) is 4.68 Å². The predicted molar refractivity (Wildman–Crippen MR) is 60.6 cm³/mol. The third kappa shape index (κ3) is 2.69. The number of halogens is 5. The van der Waals surface area contributed by atoms with Crippen LogP contribution in [-0.2, 0) is 12.7 Å². The molecule has 2 unspecified atom stereocenters. The van der Waals surface area contributed by atoms with Crippen molar-refractivity contribution in [3.8, 4) is 0 Å². The Morgan fingerprint density at radius 2 is 2.00 bits per heavy atom. The Balaban J connectivity index is 0.00000133. The van der Waals surface area contributed by atoms with Gasteiger partial charge in [0.15, 0.2) is 0 Å². The summed E-state index contributed by atoms with van der Waals surface area (Å²) in [6.45, 7) is 0.692. The van der Waals surface area contributed by atoms with E-state index in [-0.39, 0.29) is 30.7 Å². The number of fused-ring (bicyclic) bond motifs is 1. The summed E-state index contributed by atoms with van der Waals surface area (Å²) < 4.78 is 52.8. The summed E-state index contributed by atoms with van der Waals surface area (Å²) in [5, 5.41) is 6.30. The molecule has 2 aliphatic rings. The van der Waals surface area contributed by atoms with E-state index < -0.39 is 24.2 Å². The van der Waals surface area contributed by atoms with Gasteiger partial charge in [-0.15, -0.1) is 17.5 Å². The summed E-state index contributed by atoms with van der Waals surface area (Å²) >= 11 is 0. The van der Waals surface area contributed by atoms with Crippen LogP contribution in [0.4, 0.5) is 17.6 Å². The van der Waals surface area contributed by atoms with Crippen molar-refractivity contribution in [3.63, 3.8) is 0 Å². The fourth-order valence-electron chi connectivity index (χ4n) is 2.23. The molecule has 0 amide bonds. The number of rotatable bonds is 2. The molecular weight excluding hydrogens is 288 g/mol. The monoisotopic (exact) mass is 300 g/mol. The molecular formula is C10H13ClF4N4. The SMILES string of the molecule is Cl.FC(C1CC1)C1NCCn2nc(C(F)(F)F)nc21. The van der Waals surface area contributed by atoms with E-state index in [1.807, 2.05) is 0 Å². The minimum Gasteiger partial charge on any atom is -0.303 e. The molecule has 0 saturated heterocycles. The van der Waals surface area contributed by atoms with Gasteiger partial charge in [-0.25, -0.2) is 14.1 Å². The van der Waals surface area contributed by atoms with E-state index in [1.54, 1.807) is 0 Å². The first-order valence-electron chi connectivity index (χ1n) is 5.86. The normalized spacial score (nSPS) is 24.5. The van der Waals surface area contributed by atoms with E-state index in [9.17, 15) is 17.6 Å². The van der Waals surface area contributed by atoms with Crippen LogP contribution in [0.15, 0.2) is 0 Å². The maximum atomic E-state index is 14.0. The van der Waals surface area contributed by atoms with Crippen molar-refractivity contribution in [1.82, 2.24) is 20.1 Å². The zero-order chi connectivity index (χ0) is 12.9. The number of aromatic nitrogens is 3. The maximum Gasteiger partial charge on any atom is 0.453 e. The quantitative estimate of drug-likeness (QED) is 0.851. The molecule has 0 radical (unpaired) electrons. The van der Waals surface area contributed by atoms with Gasteiger partial charge in [-0.05, 0) is 18.8 Å². The Bertz CT molecular complexity index is 457. The first-order valence-corrected chi connectivity index (χ1v) is 5.86. The number of nitrogens with zero attached hydrogens (tertiary/aromatic N) is 3. The summed E-state index contributed by atoms with van der Waals surface area (Å²) in [4.78, 5) is 3.46. The van der Waals surface area contributed by atoms with Crippen LogP contribution in [0.5, 0.6) is 0 Å². The van der Waals surface area contributed by atoms with Crippen molar-refractivity contribution in [2.24, 2.45) is 5.92 Å². The zero-order valence-electron chi connectivity index (χ0n) is 9.82. The summed E-state index contributed by atoms with van der Waals surface area (Å²) in [5.74, 6) is -1.18. The van der Waals surface area contributed by atoms with Gasteiger partial charge in [-0.1, -0.05) is 0 Å². The molecule has 1 aromatic rings. The van der Waals surface area contributed by atoms with Crippen molar-refractivity contribution in [1.29, 1.82) is 0 Å². The van der Waals surface area contributed by atoms with Crippen LogP contribution in [0, 0.1) is 5.92 Å². The van der Waals surface area contributed by atoms with Gasteiger partial charge >= 0.3 is 6.18 Å². The molecule has 0 bridgehead atoms. The van der Waals surface area contributed by atoms with Crippen LogP contribution >= 0.6 is 12.4 Å². The second-order valence-corrected chi connectivity index (χ2v) is 4.73. The molecule has 1 fully saturated rings. The third-order valence-electron chi connectivity index (χ3n) is 3.31. The molecule has 1 N–H and O–H groups in total. The molecule has 2 heterocycles. The van der Waals surface area contributed by atoms with Crippen LogP contribution in [0.2, 0.25) is 0 Å². The Labute approximate surface area is 113 Å². The van der Waals surface area contributed by atoms with Gasteiger partial charge in [-0.2, -0.15) is 13.2 Å². The number of alkyl halides is 4. The lowest BCUT2D eigenvalue weighted by Crippen LogP contribution is -2.39. The molecule has 0 aromatic carbocycles. The highest BCUT2D eigenvalue weighted by molar-refractivity contribution is 5.85. The number of hydrogen-bond donors (Lipinski definition) is 1. The van der Waals surface area contributed by atoms with Crippen molar-refractivity contribution < 1.29 is 17.6 Å². The van der Waals surface area contributed by atoms with Crippen LogP contribution in [0.3, 0.4) is 0 Å². The fourth-order valence-corrected chi connectivity index (χ4v) is 2.23. The fraction of sp³-hybridized carbons (Fsp3) is 0.800. The third-order valence-corrected chi connectivity index (χ3v) is 3.31. The Morgan fingerprint density at radius 3 is 2.58 bits per heavy atom. The van der Waals surface area contributed by atoms with Crippen molar-refractivity contribution in [2.75, 3.05) is 6.54 Å². The Kier molecular flexibility index (Phi) is 3.74. The van der Waals surface area contributed by atoms with Gasteiger partial charge < -0.3 is 5.32 Å². The van der Waals surface area contributed by atoms with Gasteiger partial charge in [0.05, 0.1) is 12.6 Å². The molecule has 108 valence electrons. The van der Waals surface area contributed by atoms with Gasteiger partial charge in [0.1, 0.15) is 12.0 Å². The summed E-state index contributed by atoms with van der Waals surface area (Å²) in [6, 6.07) is -0.769. The predicted octanol–water partition coefficient (Wildman–Crippen LogP) is 2.11. The molecule has 1 aromatic heterocycles. The van der Waals surface area contributed by atoms with Crippen LogP contribution in [-0.4, -0.2) is 27.5 Å². The Morgan fingerprint density at radius 1 is 1.32 bits per heavy atom. The molecule has 19 heavy (non-hydrogen) atoms. The highest BCUT2D eigenvalue weighted by Crippen LogP contribution is 2.40. The highest BCUT2D eigenvalue weighted by atomic mass is 35.5. The topological polar surface area (TPSA) is 42.7 Å². The van der Waals surface area contributed by atoms with Gasteiger partial charge in [0.25, 0.3) is 5.82 Å². The van der Waals surface area contributed by atoms with E-state index >= 15 is 0 Å². The van der Waals surface area contributed by atoms with Crippen molar-refractivity contribution >= 4 is 12.4 Å². The van der Waals surface area contributed by atoms with Gasteiger partial charge in [0, 0.05) is 6.54 Å². The molecule has 1 aliphatic carbocycles. The highest BCUT2D eigenvalue weighted by Gasteiger charge is 2.43. The minimum absolute atomic E-state index is 0. The van der Waals surface area contributed by atoms with E-state index in [2.05, 4.69) is 15.4 Å². The lowest BCUT2D eigenvalue weighted by Gasteiger charge is -2.26. The van der Waals surface area contributed by atoms with E-state index in [4.69, 9.17) is 0 Å². The average molecular weight is 301 g/mol. The summed E-state index contributed by atoms with van der Waals surface area (Å²) in [6.07, 6.45) is -4.19. The molecule has 4 nitrogen and oxygen atoms in total. The molecule has 3 rings (SSSR count). The van der Waals surface area contributed by atoms with Crippen LogP contribution in [0.1, 0.15) is 30.5 Å². The van der Waals surface area contributed by atoms with Crippen LogP contribution in [0.25, 0.3) is 0 Å². The summed E-state index contributed by atoms with van der Waals surface area (Å²) in [7, 11) is 0. The minimum atomic E-state index is -4.58. The van der Waals surface area contributed by atoms with Crippen molar-refractivity contribution in [2.45, 2.75) is 37.8 Å². The lowest BCUT2D eigenvalue weighted by molar-refractivity contribution is -0.145. The lowest BCUT2D eigenvalue weighted by atomic mass is 10.1. The van der Waals surface area contributed by atoms with Crippen molar-refractivity contribution in [3.05, 3.63) is 11.6 Å². The standard InChI is InChI=1S/C10H12F4N4.ClH/c11-6(5-1-2-5)7-8-16-9(10(12,13)14)17-18(8)4-3-15-7;/h5-7,15H,1-4H2;1H. The van der Waals surface area contributed by atoms with Crippen LogP contribution < -0.4 is 5.32 Å². The molecule has 0 spiro atoms. The van der Waals surface area contributed by atoms with Gasteiger partial charge in [-0.3, -0.25) is 0 Å². The first kappa shape index (κ1) is 14.5. The second-order valence-electron chi connectivity index (χ2n) is 4.73. The molecule has 9 heteroatoms. The smallest absolute Gasteiger partial charge is 0.303 e. The zero-order valence-corrected chi connectivity index (χ0v) is 10.6. The molecule has 1 saturated carbocycles. The number of hydrogen-bond acceptors (Lipinski definition) is 3. The summed E-state index contributed by atoms with van der Waals surface area (Å²) in [5.41, 5.74) is 0. The molecule has 2 atom stereocenters. The largest absolute Gasteiger partial charge is 0.453 e. The molecule has 1 aliphatic heterocycles. The van der Waals surface area contributed by atoms with E-state index in [0.29, 0.717) is 6.54 Å².